The van der Waals surface area contributed by atoms with Crippen molar-refractivity contribution in [1.82, 2.24) is 0 Å². The van der Waals surface area contributed by atoms with Crippen LogP contribution in [-0.2, 0) is 14.2 Å². The maximum atomic E-state index is 5.80. The van der Waals surface area contributed by atoms with Gasteiger partial charge < -0.3 is 14.2 Å². The molecule has 96 valence electrons. The predicted octanol–water partition coefficient (Wildman–Crippen LogP) is 2.84. The van der Waals surface area contributed by atoms with E-state index in [0.29, 0.717) is 25.2 Å². The molecule has 3 atom stereocenters. The molecule has 3 nitrogen and oxygen atoms in total. The van der Waals surface area contributed by atoms with Crippen molar-refractivity contribution < 1.29 is 14.2 Å². The summed E-state index contributed by atoms with van der Waals surface area (Å²) in [7, 11) is 0. The normalized spacial score (nSPS) is 26.1. The van der Waals surface area contributed by atoms with Crippen LogP contribution in [0.3, 0.4) is 0 Å². The fourth-order valence-corrected chi connectivity index (χ4v) is 2.20. The molecule has 3 heteroatoms. The Hall–Kier alpha value is -0.120. The number of rotatable bonds is 9. The quantitative estimate of drug-likeness (QED) is 0.570. The molecule has 0 N–H and O–H groups in total. The van der Waals surface area contributed by atoms with Gasteiger partial charge >= 0.3 is 0 Å². The van der Waals surface area contributed by atoms with Crippen molar-refractivity contribution in [2.45, 2.75) is 52.9 Å². The van der Waals surface area contributed by atoms with E-state index in [-0.39, 0.29) is 6.29 Å². The van der Waals surface area contributed by atoms with Gasteiger partial charge in [0.15, 0.2) is 6.29 Å². The molecule has 0 aliphatic heterocycles. The molecule has 0 aromatic rings. The summed E-state index contributed by atoms with van der Waals surface area (Å²) in [6, 6.07) is 0. The minimum atomic E-state index is -0.0978. The van der Waals surface area contributed by atoms with Crippen molar-refractivity contribution >= 4 is 0 Å². The molecule has 0 saturated heterocycles. The topological polar surface area (TPSA) is 27.7 Å². The summed E-state index contributed by atoms with van der Waals surface area (Å²) in [5, 5.41) is 0. The molecule has 1 aliphatic carbocycles. The average molecular weight is 230 g/mol. The maximum absolute atomic E-state index is 5.80. The Kier molecular flexibility index (Phi) is 6.32. The van der Waals surface area contributed by atoms with Crippen molar-refractivity contribution in [3.8, 4) is 0 Å². The fourth-order valence-electron chi connectivity index (χ4n) is 2.20. The van der Waals surface area contributed by atoms with Gasteiger partial charge in [0, 0.05) is 26.2 Å². The van der Waals surface area contributed by atoms with Gasteiger partial charge in [0.25, 0.3) is 0 Å². The smallest absolute Gasteiger partial charge is 0.160 e. The number of hydrogen-bond donors (Lipinski definition) is 0. The molecule has 0 aromatic heterocycles. The van der Waals surface area contributed by atoms with Crippen LogP contribution in [-0.4, -0.2) is 32.2 Å². The van der Waals surface area contributed by atoms with Crippen LogP contribution in [0, 0.1) is 11.8 Å². The number of ether oxygens (including phenoxy) is 3. The predicted molar refractivity (Wildman–Crippen MR) is 64.3 cm³/mol. The van der Waals surface area contributed by atoms with E-state index < -0.39 is 0 Å². The van der Waals surface area contributed by atoms with Crippen molar-refractivity contribution in [2.75, 3.05) is 19.8 Å². The summed E-state index contributed by atoms with van der Waals surface area (Å²) in [4.78, 5) is 0. The SMILES string of the molecule is CCOC(CC(OCC)C1CC1C)OCC. The summed E-state index contributed by atoms with van der Waals surface area (Å²) < 4.78 is 16.9. The minimum Gasteiger partial charge on any atom is -0.378 e. The first kappa shape index (κ1) is 13.9. The maximum Gasteiger partial charge on any atom is 0.160 e. The Morgan fingerprint density at radius 2 is 1.50 bits per heavy atom. The third-order valence-electron chi connectivity index (χ3n) is 3.16. The molecule has 0 heterocycles. The highest BCUT2D eigenvalue weighted by Crippen LogP contribution is 2.43. The highest BCUT2D eigenvalue weighted by molar-refractivity contribution is 4.89. The standard InChI is InChI=1S/C13H26O3/c1-5-14-12(11-8-10(11)4)9-13(15-6-2)16-7-3/h10-13H,5-9H2,1-4H3. The molecule has 0 spiro atoms. The van der Waals surface area contributed by atoms with Gasteiger partial charge in [-0.25, -0.2) is 0 Å². The van der Waals surface area contributed by atoms with Crippen LogP contribution in [0.25, 0.3) is 0 Å². The molecule has 1 fully saturated rings. The molecular weight excluding hydrogens is 204 g/mol. The van der Waals surface area contributed by atoms with E-state index in [9.17, 15) is 0 Å². The van der Waals surface area contributed by atoms with E-state index in [0.717, 1.165) is 18.9 Å². The summed E-state index contributed by atoms with van der Waals surface area (Å²) >= 11 is 0. The molecule has 16 heavy (non-hydrogen) atoms. The molecule has 1 saturated carbocycles. The lowest BCUT2D eigenvalue weighted by Gasteiger charge is -2.23. The second-order valence-corrected chi connectivity index (χ2v) is 4.45. The zero-order valence-electron chi connectivity index (χ0n) is 11.1. The van der Waals surface area contributed by atoms with E-state index in [1.54, 1.807) is 0 Å². The average Bonchev–Trinajstić information content (AvgIpc) is 2.95. The first-order chi connectivity index (χ1) is 7.72. The third kappa shape index (κ3) is 4.40. The molecular formula is C13H26O3. The lowest BCUT2D eigenvalue weighted by atomic mass is 10.1. The van der Waals surface area contributed by atoms with Gasteiger partial charge in [-0.3, -0.25) is 0 Å². The van der Waals surface area contributed by atoms with Gasteiger partial charge in [0.05, 0.1) is 6.10 Å². The molecule has 0 aromatic carbocycles. The molecule has 3 unspecified atom stereocenters. The van der Waals surface area contributed by atoms with Crippen molar-refractivity contribution in [1.29, 1.82) is 0 Å². The Bertz CT molecular complexity index is 178. The zero-order chi connectivity index (χ0) is 12.0. The van der Waals surface area contributed by atoms with Crippen LogP contribution in [0.4, 0.5) is 0 Å². The van der Waals surface area contributed by atoms with E-state index in [1.165, 1.54) is 6.42 Å². The summed E-state index contributed by atoms with van der Waals surface area (Å²) in [5.41, 5.74) is 0. The Morgan fingerprint density at radius 3 is 1.88 bits per heavy atom. The van der Waals surface area contributed by atoms with Crippen molar-refractivity contribution in [2.24, 2.45) is 11.8 Å². The molecule has 0 bridgehead atoms. The van der Waals surface area contributed by atoms with Crippen LogP contribution in [0.5, 0.6) is 0 Å². The van der Waals surface area contributed by atoms with Crippen LogP contribution < -0.4 is 0 Å². The highest BCUT2D eigenvalue weighted by atomic mass is 16.7. The number of hydrogen-bond acceptors (Lipinski definition) is 3. The van der Waals surface area contributed by atoms with Gasteiger partial charge in [-0.2, -0.15) is 0 Å². The minimum absolute atomic E-state index is 0.0978. The summed E-state index contributed by atoms with van der Waals surface area (Å²) in [6.07, 6.45) is 2.36. The van der Waals surface area contributed by atoms with Crippen LogP contribution in [0.15, 0.2) is 0 Å². The fraction of sp³-hybridized carbons (Fsp3) is 1.00. The van der Waals surface area contributed by atoms with Crippen molar-refractivity contribution in [3.05, 3.63) is 0 Å². The Morgan fingerprint density at radius 1 is 1.00 bits per heavy atom. The van der Waals surface area contributed by atoms with Gasteiger partial charge in [-0.05, 0) is 39.0 Å². The second-order valence-electron chi connectivity index (χ2n) is 4.45. The zero-order valence-corrected chi connectivity index (χ0v) is 11.1. The van der Waals surface area contributed by atoms with Crippen molar-refractivity contribution in [3.63, 3.8) is 0 Å². The first-order valence-electron chi connectivity index (χ1n) is 6.57. The lowest BCUT2D eigenvalue weighted by molar-refractivity contribution is -0.159. The first-order valence-corrected chi connectivity index (χ1v) is 6.57. The monoisotopic (exact) mass is 230 g/mol. The Labute approximate surface area is 99.5 Å². The van der Waals surface area contributed by atoms with Crippen LogP contribution >= 0.6 is 0 Å². The lowest BCUT2D eigenvalue weighted by Crippen LogP contribution is -2.27. The van der Waals surface area contributed by atoms with Crippen LogP contribution in [0.2, 0.25) is 0 Å². The molecule has 0 radical (unpaired) electrons. The van der Waals surface area contributed by atoms with Gasteiger partial charge in [0.2, 0.25) is 0 Å². The summed E-state index contributed by atoms with van der Waals surface area (Å²) in [6.45, 7) is 10.5. The highest BCUT2D eigenvalue weighted by Gasteiger charge is 2.41. The second kappa shape index (κ2) is 7.25. The Balaban J connectivity index is 2.37. The van der Waals surface area contributed by atoms with E-state index in [2.05, 4.69) is 13.8 Å². The molecule has 1 aliphatic rings. The summed E-state index contributed by atoms with van der Waals surface area (Å²) in [5.74, 6) is 1.52. The molecule has 0 amide bonds. The van der Waals surface area contributed by atoms with Gasteiger partial charge in [-0.15, -0.1) is 0 Å². The van der Waals surface area contributed by atoms with E-state index in [1.807, 2.05) is 13.8 Å². The molecule has 1 rings (SSSR count). The van der Waals surface area contributed by atoms with Gasteiger partial charge in [-0.1, -0.05) is 6.92 Å². The van der Waals surface area contributed by atoms with E-state index in [4.69, 9.17) is 14.2 Å². The van der Waals surface area contributed by atoms with Crippen LogP contribution in [0.1, 0.15) is 40.5 Å². The van der Waals surface area contributed by atoms with Gasteiger partial charge in [0.1, 0.15) is 0 Å². The third-order valence-corrected chi connectivity index (χ3v) is 3.16. The van der Waals surface area contributed by atoms with E-state index >= 15 is 0 Å². The largest absolute Gasteiger partial charge is 0.378 e.